The van der Waals surface area contributed by atoms with Gasteiger partial charge in [-0.25, -0.2) is 14.5 Å². The molecule has 3 aromatic rings. The van der Waals surface area contributed by atoms with E-state index >= 15 is 0 Å². The number of carbonyl (C=O) groups is 1. The summed E-state index contributed by atoms with van der Waals surface area (Å²) in [6, 6.07) is 2.11. The maximum absolute atomic E-state index is 12.0. The van der Waals surface area contributed by atoms with E-state index in [2.05, 4.69) is 30.0 Å². The molecule has 6 nitrogen and oxygen atoms in total. The first-order valence-corrected chi connectivity index (χ1v) is 10.2. The summed E-state index contributed by atoms with van der Waals surface area (Å²) in [6.45, 7) is 9.14. The number of aromatic nitrogens is 4. The molecule has 29 heavy (non-hydrogen) atoms. The fourth-order valence-corrected chi connectivity index (χ4v) is 3.44. The zero-order valence-electron chi connectivity index (χ0n) is 17.6. The molecular weight excluding hydrogens is 364 g/mol. The van der Waals surface area contributed by atoms with Crippen molar-refractivity contribution in [1.29, 1.82) is 0 Å². The van der Waals surface area contributed by atoms with Crippen LogP contribution in [-0.4, -0.2) is 32.3 Å². The summed E-state index contributed by atoms with van der Waals surface area (Å²) in [7, 11) is 0. The molecule has 0 N–H and O–H groups in total. The molecule has 0 amide bonds. The van der Waals surface area contributed by atoms with Crippen molar-refractivity contribution in [3.63, 3.8) is 0 Å². The number of fused-ring (bicyclic) bond motifs is 1. The Morgan fingerprint density at radius 1 is 1.21 bits per heavy atom. The zero-order chi connectivity index (χ0) is 20.8. The normalized spacial score (nSPS) is 11.4. The highest BCUT2D eigenvalue weighted by atomic mass is 16.5. The molecule has 0 aliphatic carbocycles. The van der Waals surface area contributed by atoms with E-state index in [1.807, 2.05) is 36.3 Å². The number of pyridine rings is 2. The molecule has 152 valence electrons. The number of rotatable bonds is 8. The quantitative estimate of drug-likeness (QED) is 0.409. The second-order valence-electron chi connectivity index (χ2n) is 6.98. The van der Waals surface area contributed by atoms with E-state index in [1.165, 1.54) is 6.08 Å². The molecule has 0 unspecified atom stereocenters. The number of hydrogen-bond donors (Lipinski definition) is 0. The number of carbonyl (C=O) groups excluding carboxylic acids is 1. The molecular formula is C23H28N4O2. The van der Waals surface area contributed by atoms with Crippen LogP contribution in [0.4, 0.5) is 0 Å². The van der Waals surface area contributed by atoms with Gasteiger partial charge in [-0.05, 0) is 51.3 Å². The van der Waals surface area contributed by atoms with Gasteiger partial charge in [0.05, 0.1) is 18.5 Å². The number of hydrogen-bond acceptors (Lipinski definition) is 5. The number of unbranched alkanes of at least 4 members (excludes halogenated alkanes) is 1. The minimum Gasteiger partial charge on any atom is -0.463 e. The number of aryl methyl sites for hydroxylation is 3. The van der Waals surface area contributed by atoms with Gasteiger partial charge in [-0.15, -0.1) is 0 Å². The van der Waals surface area contributed by atoms with Crippen molar-refractivity contribution in [2.45, 2.75) is 53.5 Å². The Morgan fingerprint density at radius 2 is 2.03 bits per heavy atom. The van der Waals surface area contributed by atoms with Gasteiger partial charge in [0.2, 0.25) is 0 Å². The van der Waals surface area contributed by atoms with Crippen molar-refractivity contribution >= 4 is 23.1 Å². The fraction of sp³-hybridized carbons (Fsp3) is 0.391. The Bertz CT molecular complexity index is 1040. The lowest BCUT2D eigenvalue weighted by atomic mass is 9.94. The third-order valence-electron chi connectivity index (χ3n) is 4.81. The van der Waals surface area contributed by atoms with Gasteiger partial charge in [0.15, 0.2) is 5.65 Å². The summed E-state index contributed by atoms with van der Waals surface area (Å²) in [6.07, 6.45) is 11.8. The van der Waals surface area contributed by atoms with E-state index < -0.39 is 0 Å². The average molecular weight is 393 g/mol. The average Bonchev–Trinajstić information content (AvgIpc) is 3.12. The molecule has 3 rings (SSSR count). The predicted molar refractivity (Wildman–Crippen MR) is 115 cm³/mol. The summed E-state index contributed by atoms with van der Waals surface area (Å²) >= 11 is 0. The molecule has 0 bridgehead atoms. The highest BCUT2D eigenvalue weighted by Gasteiger charge is 2.18. The van der Waals surface area contributed by atoms with Crippen LogP contribution in [0.25, 0.3) is 28.2 Å². The van der Waals surface area contributed by atoms with Crippen LogP contribution in [0.3, 0.4) is 0 Å². The van der Waals surface area contributed by atoms with Crippen molar-refractivity contribution < 1.29 is 9.53 Å². The van der Waals surface area contributed by atoms with Crippen molar-refractivity contribution in [3.05, 3.63) is 47.6 Å². The third kappa shape index (κ3) is 4.53. The van der Waals surface area contributed by atoms with Crippen molar-refractivity contribution in [2.24, 2.45) is 0 Å². The third-order valence-corrected chi connectivity index (χ3v) is 4.81. The molecule has 3 heterocycles. The highest BCUT2D eigenvalue weighted by molar-refractivity contribution is 5.99. The van der Waals surface area contributed by atoms with Crippen molar-refractivity contribution in [1.82, 2.24) is 19.7 Å². The number of nitrogens with zero attached hydrogens (tertiary/aromatic N) is 4. The summed E-state index contributed by atoms with van der Waals surface area (Å²) in [5.74, 6) is -0.355. The molecule has 0 saturated carbocycles. The zero-order valence-corrected chi connectivity index (χ0v) is 17.6. The summed E-state index contributed by atoms with van der Waals surface area (Å²) in [4.78, 5) is 21.3. The second-order valence-corrected chi connectivity index (χ2v) is 6.98. The smallest absolute Gasteiger partial charge is 0.330 e. The van der Waals surface area contributed by atoms with Gasteiger partial charge in [0.25, 0.3) is 0 Å². The fourth-order valence-electron chi connectivity index (χ4n) is 3.44. The lowest BCUT2D eigenvalue weighted by Crippen LogP contribution is -2.04. The summed E-state index contributed by atoms with van der Waals surface area (Å²) in [5, 5.41) is 5.49. The molecule has 0 fully saturated rings. The Labute approximate surface area is 171 Å². The SMILES string of the molecule is CCCCc1nc2c(cnn2CC)c(-c2cncc(C)c2)c1/C=C/C(=O)OCC. The Hall–Kier alpha value is -3.02. The van der Waals surface area contributed by atoms with E-state index in [4.69, 9.17) is 9.72 Å². The number of esters is 1. The first kappa shape index (κ1) is 20.7. The molecule has 0 saturated heterocycles. The molecule has 0 aliphatic heterocycles. The van der Waals surface area contributed by atoms with Gasteiger partial charge in [-0.3, -0.25) is 4.98 Å². The van der Waals surface area contributed by atoms with Gasteiger partial charge in [-0.1, -0.05) is 13.3 Å². The molecule has 3 aromatic heterocycles. The van der Waals surface area contributed by atoms with E-state index in [0.29, 0.717) is 6.61 Å². The summed E-state index contributed by atoms with van der Waals surface area (Å²) < 4.78 is 7.00. The van der Waals surface area contributed by atoms with Crippen LogP contribution in [0.2, 0.25) is 0 Å². The topological polar surface area (TPSA) is 69.9 Å². The maximum Gasteiger partial charge on any atom is 0.330 e. The first-order valence-electron chi connectivity index (χ1n) is 10.2. The van der Waals surface area contributed by atoms with Crippen molar-refractivity contribution in [2.75, 3.05) is 6.61 Å². The predicted octanol–water partition coefficient (Wildman–Crippen LogP) is 4.74. The first-order chi connectivity index (χ1) is 14.1. The van der Waals surface area contributed by atoms with Gasteiger partial charge in [0.1, 0.15) is 0 Å². The molecule has 0 spiro atoms. The van der Waals surface area contributed by atoms with Crippen LogP contribution in [0.5, 0.6) is 0 Å². The molecule has 0 aromatic carbocycles. The Balaban J connectivity index is 2.30. The van der Waals surface area contributed by atoms with E-state index in [0.717, 1.165) is 64.8 Å². The van der Waals surface area contributed by atoms with E-state index in [1.54, 1.807) is 6.92 Å². The minimum absolute atomic E-state index is 0.348. The van der Waals surface area contributed by atoms with E-state index in [-0.39, 0.29) is 5.97 Å². The lowest BCUT2D eigenvalue weighted by molar-refractivity contribution is -0.137. The number of ether oxygens (including phenoxy) is 1. The van der Waals surface area contributed by atoms with Crippen molar-refractivity contribution in [3.8, 4) is 11.1 Å². The molecule has 6 heteroatoms. The van der Waals surface area contributed by atoms with Crippen LogP contribution in [-0.2, 0) is 22.5 Å². The lowest BCUT2D eigenvalue weighted by Gasteiger charge is -2.14. The van der Waals surface area contributed by atoms with Gasteiger partial charge in [0, 0.05) is 47.1 Å². The van der Waals surface area contributed by atoms with Gasteiger partial charge < -0.3 is 4.74 Å². The van der Waals surface area contributed by atoms with Gasteiger partial charge >= 0.3 is 5.97 Å². The highest BCUT2D eigenvalue weighted by Crippen LogP contribution is 2.34. The maximum atomic E-state index is 12.0. The largest absolute Gasteiger partial charge is 0.463 e. The monoisotopic (exact) mass is 392 g/mol. The van der Waals surface area contributed by atoms with E-state index in [9.17, 15) is 4.79 Å². The minimum atomic E-state index is -0.355. The Kier molecular flexibility index (Phi) is 6.75. The van der Waals surface area contributed by atoms with Crippen LogP contribution < -0.4 is 0 Å². The van der Waals surface area contributed by atoms with Crippen LogP contribution in [0, 0.1) is 6.92 Å². The second kappa shape index (κ2) is 9.45. The van der Waals surface area contributed by atoms with Crippen LogP contribution in [0.1, 0.15) is 50.4 Å². The Morgan fingerprint density at radius 3 is 2.72 bits per heavy atom. The van der Waals surface area contributed by atoms with Crippen LogP contribution in [0.15, 0.2) is 30.7 Å². The standard InChI is InChI=1S/C23H28N4O2/c1-5-8-9-20-18(10-11-21(28)29-7-3)22(17-12-16(4)13-24-14-17)19-15-25-27(6-2)23(19)26-20/h10-15H,5-9H2,1-4H3/b11-10+. The van der Waals surface area contributed by atoms with Gasteiger partial charge in [-0.2, -0.15) is 5.10 Å². The summed E-state index contributed by atoms with van der Waals surface area (Å²) in [5.41, 5.74) is 5.84. The molecule has 0 aliphatic rings. The van der Waals surface area contributed by atoms with Crippen LogP contribution >= 0.6 is 0 Å². The molecule has 0 atom stereocenters. The molecule has 0 radical (unpaired) electrons.